The summed E-state index contributed by atoms with van der Waals surface area (Å²) in [6, 6.07) is 13.3. The Hall–Kier alpha value is -3.06. The minimum atomic E-state index is -0.880. The highest BCUT2D eigenvalue weighted by molar-refractivity contribution is 7.22. The molecule has 0 spiro atoms. The summed E-state index contributed by atoms with van der Waals surface area (Å²) >= 11 is 1.35. The van der Waals surface area contributed by atoms with Gasteiger partial charge in [0.1, 0.15) is 6.04 Å². The number of aromatic nitrogens is 1. The maximum absolute atomic E-state index is 12.8. The summed E-state index contributed by atoms with van der Waals surface area (Å²) in [4.78, 5) is 43.4. The quantitative estimate of drug-likeness (QED) is 0.720. The highest BCUT2D eigenvalue weighted by Gasteiger charge is 2.41. The van der Waals surface area contributed by atoms with Crippen LogP contribution in [0.15, 0.2) is 48.5 Å². The zero-order chi connectivity index (χ0) is 18.3. The molecule has 7 heteroatoms. The summed E-state index contributed by atoms with van der Waals surface area (Å²) in [6.07, 6.45) is 0.322. The number of para-hydroxylation sites is 1. The SMILES string of the molecule is CCC(C(=O)Nc1nc2ccccc2s1)N1C(=O)c2ccccc2C1=O. The van der Waals surface area contributed by atoms with E-state index in [1.54, 1.807) is 31.2 Å². The van der Waals surface area contributed by atoms with E-state index in [4.69, 9.17) is 0 Å². The van der Waals surface area contributed by atoms with Gasteiger partial charge in [0.2, 0.25) is 5.91 Å². The molecule has 130 valence electrons. The number of nitrogens with zero attached hydrogens (tertiary/aromatic N) is 2. The van der Waals surface area contributed by atoms with E-state index in [0.717, 1.165) is 15.1 Å². The third-order valence-electron chi connectivity index (χ3n) is 4.35. The fourth-order valence-corrected chi connectivity index (χ4v) is 3.96. The molecule has 2 aromatic carbocycles. The zero-order valence-electron chi connectivity index (χ0n) is 13.9. The van der Waals surface area contributed by atoms with Gasteiger partial charge in [-0.15, -0.1) is 0 Å². The van der Waals surface area contributed by atoms with E-state index in [2.05, 4.69) is 10.3 Å². The molecule has 1 aromatic heterocycles. The second kappa shape index (κ2) is 6.34. The van der Waals surface area contributed by atoms with Crippen LogP contribution in [0, 0.1) is 0 Å². The topological polar surface area (TPSA) is 79.4 Å². The molecule has 0 aliphatic carbocycles. The van der Waals surface area contributed by atoms with Crippen molar-refractivity contribution >= 4 is 44.4 Å². The van der Waals surface area contributed by atoms with Crippen LogP contribution in [0.2, 0.25) is 0 Å². The number of hydrogen-bond acceptors (Lipinski definition) is 5. The van der Waals surface area contributed by atoms with Gasteiger partial charge in [-0.05, 0) is 30.7 Å². The lowest BCUT2D eigenvalue weighted by molar-refractivity contribution is -0.120. The molecule has 1 atom stereocenters. The Bertz CT molecular complexity index is 975. The van der Waals surface area contributed by atoms with Gasteiger partial charge < -0.3 is 5.32 Å². The van der Waals surface area contributed by atoms with Crippen molar-refractivity contribution in [3.8, 4) is 0 Å². The first-order chi connectivity index (χ1) is 12.6. The number of amides is 3. The molecule has 0 saturated carbocycles. The van der Waals surface area contributed by atoms with Crippen LogP contribution in [0.25, 0.3) is 10.2 Å². The second-order valence-electron chi connectivity index (χ2n) is 5.93. The van der Waals surface area contributed by atoms with E-state index in [1.807, 2.05) is 24.3 Å². The van der Waals surface area contributed by atoms with Crippen LogP contribution in [-0.2, 0) is 4.79 Å². The van der Waals surface area contributed by atoms with Gasteiger partial charge in [0.25, 0.3) is 11.8 Å². The Morgan fingerprint density at radius 1 is 1.08 bits per heavy atom. The number of rotatable bonds is 4. The Morgan fingerprint density at radius 2 is 1.69 bits per heavy atom. The van der Waals surface area contributed by atoms with Gasteiger partial charge in [-0.2, -0.15) is 0 Å². The molecule has 0 bridgehead atoms. The van der Waals surface area contributed by atoms with E-state index in [-0.39, 0.29) is 0 Å². The van der Waals surface area contributed by atoms with Crippen LogP contribution in [0.5, 0.6) is 0 Å². The molecule has 0 saturated heterocycles. The number of fused-ring (bicyclic) bond motifs is 2. The molecule has 1 aliphatic heterocycles. The lowest BCUT2D eigenvalue weighted by atomic mass is 10.1. The minimum Gasteiger partial charge on any atom is -0.300 e. The van der Waals surface area contributed by atoms with Crippen molar-refractivity contribution in [3.63, 3.8) is 0 Å². The third-order valence-corrected chi connectivity index (χ3v) is 5.30. The molecule has 6 nitrogen and oxygen atoms in total. The van der Waals surface area contributed by atoms with Crippen LogP contribution in [-0.4, -0.2) is 33.6 Å². The monoisotopic (exact) mass is 365 g/mol. The molecule has 0 fully saturated rings. The van der Waals surface area contributed by atoms with Gasteiger partial charge in [-0.25, -0.2) is 4.98 Å². The average Bonchev–Trinajstić information content (AvgIpc) is 3.16. The number of thiazole rings is 1. The van der Waals surface area contributed by atoms with Gasteiger partial charge in [0.15, 0.2) is 5.13 Å². The van der Waals surface area contributed by atoms with Crippen molar-refractivity contribution in [2.45, 2.75) is 19.4 Å². The van der Waals surface area contributed by atoms with Crippen molar-refractivity contribution in [3.05, 3.63) is 59.7 Å². The first kappa shape index (κ1) is 16.4. The number of carbonyl (C=O) groups excluding carboxylic acids is 3. The zero-order valence-corrected chi connectivity index (χ0v) is 14.7. The average molecular weight is 365 g/mol. The summed E-state index contributed by atoms with van der Waals surface area (Å²) in [5, 5.41) is 3.20. The third kappa shape index (κ3) is 2.57. The molecule has 4 rings (SSSR count). The lowest BCUT2D eigenvalue weighted by Gasteiger charge is -2.23. The van der Waals surface area contributed by atoms with E-state index < -0.39 is 23.8 Å². The van der Waals surface area contributed by atoms with Gasteiger partial charge in [-0.3, -0.25) is 19.3 Å². The number of anilines is 1. The van der Waals surface area contributed by atoms with Gasteiger partial charge >= 0.3 is 0 Å². The van der Waals surface area contributed by atoms with E-state index in [9.17, 15) is 14.4 Å². The Balaban J connectivity index is 1.60. The fourth-order valence-electron chi connectivity index (χ4n) is 3.09. The molecule has 0 radical (unpaired) electrons. The normalized spacial score (nSPS) is 14.6. The van der Waals surface area contributed by atoms with Crippen LogP contribution >= 0.6 is 11.3 Å². The molecule has 26 heavy (non-hydrogen) atoms. The van der Waals surface area contributed by atoms with Gasteiger partial charge in [-0.1, -0.05) is 42.5 Å². The van der Waals surface area contributed by atoms with Crippen molar-refractivity contribution < 1.29 is 14.4 Å². The smallest absolute Gasteiger partial charge is 0.262 e. The number of benzene rings is 2. The number of imide groups is 1. The first-order valence-corrected chi connectivity index (χ1v) is 9.05. The molecule has 2 heterocycles. The molecular weight excluding hydrogens is 350 g/mol. The van der Waals surface area contributed by atoms with Crippen molar-refractivity contribution in [1.82, 2.24) is 9.88 Å². The first-order valence-electron chi connectivity index (χ1n) is 8.23. The Labute approximate surface area is 153 Å². The van der Waals surface area contributed by atoms with Crippen LogP contribution < -0.4 is 5.32 Å². The molecule has 1 unspecified atom stereocenters. The Morgan fingerprint density at radius 3 is 2.31 bits per heavy atom. The summed E-state index contributed by atoms with van der Waals surface area (Å²) in [7, 11) is 0. The fraction of sp³-hybridized carbons (Fsp3) is 0.158. The summed E-state index contributed by atoms with van der Waals surface area (Å²) in [5.41, 5.74) is 1.47. The summed E-state index contributed by atoms with van der Waals surface area (Å²) in [6.45, 7) is 1.77. The maximum Gasteiger partial charge on any atom is 0.262 e. The number of hydrogen-bond donors (Lipinski definition) is 1. The van der Waals surface area contributed by atoms with E-state index >= 15 is 0 Å². The second-order valence-corrected chi connectivity index (χ2v) is 6.96. The van der Waals surface area contributed by atoms with E-state index in [1.165, 1.54) is 11.3 Å². The van der Waals surface area contributed by atoms with Crippen molar-refractivity contribution in [1.29, 1.82) is 0 Å². The number of nitrogens with one attached hydrogen (secondary N) is 1. The number of carbonyl (C=O) groups is 3. The Kier molecular flexibility index (Phi) is 4.00. The molecule has 1 aliphatic rings. The summed E-state index contributed by atoms with van der Waals surface area (Å²) in [5.74, 6) is -1.28. The van der Waals surface area contributed by atoms with Gasteiger partial charge in [0, 0.05) is 0 Å². The lowest BCUT2D eigenvalue weighted by Crippen LogP contribution is -2.46. The summed E-state index contributed by atoms with van der Waals surface area (Å²) < 4.78 is 0.955. The van der Waals surface area contributed by atoms with E-state index in [0.29, 0.717) is 22.7 Å². The molecular formula is C19H15N3O3S. The molecule has 3 aromatic rings. The molecule has 1 N–H and O–H groups in total. The largest absolute Gasteiger partial charge is 0.300 e. The van der Waals surface area contributed by atoms with Crippen molar-refractivity contribution in [2.24, 2.45) is 0 Å². The predicted molar refractivity (Wildman–Crippen MR) is 99.3 cm³/mol. The highest BCUT2D eigenvalue weighted by atomic mass is 32.1. The standard InChI is InChI=1S/C19H15N3O3S/c1-2-14(22-17(24)11-7-3-4-8-12(11)18(22)25)16(23)21-19-20-13-9-5-6-10-15(13)26-19/h3-10,14H,2H2,1H3,(H,20,21,23). The van der Waals surface area contributed by atoms with Gasteiger partial charge in [0.05, 0.1) is 21.3 Å². The van der Waals surface area contributed by atoms with Crippen LogP contribution in [0.3, 0.4) is 0 Å². The minimum absolute atomic E-state index is 0.322. The molecule has 3 amide bonds. The maximum atomic E-state index is 12.8. The van der Waals surface area contributed by atoms with Crippen LogP contribution in [0.4, 0.5) is 5.13 Å². The predicted octanol–water partition coefficient (Wildman–Crippen LogP) is 3.31. The van der Waals surface area contributed by atoms with Crippen molar-refractivity contribution in [2.75, 3.05) is 5.32 Å². The van der Waals surface area contributed by atoms with Crippen LogP contribution in [0.1, 0.15) is 34.1 Å². The highest BCUT2D eigenvalue weighted by Crippen LogP contribution is 2.28.